The Kier molecular flexibility index (Phi) is 7.71. The molecule has 47 heavy (non-hydrogen) atoms. The number of aromatic nitrogens is 5. The molecule has 5 aromatic rings. The molecule has 2 aliphatic heterocycles. The van der Waals surface area contributed by atoms with E-state index in [9.17, 15) is 18.0 Å². The van der Waals surface area contributed by atoms with Crippen LogP contribution in [0.1, 0.15) is 66.3 Å². The number of carbonyl (C=O) groups is 1. The highest BCUT2D eigenvalue weighted by atomic mass is 35.5. The first kappa shape index (κ1) is 31.1. The van der Waals surface area contributed by atoms with E-state index < -0.39 is 22.0 Å². The third-order valence-electron chi connectivity index (χ3n) is 9.31. The molecule has 0 radical (unpaired) electrons. The van der Waals surface area contributed by atoms with Gasteiger partial charge in [-0.2, -0.15) is 5.10 Å². The van der Waals surface area contributed by atoms with E-state index in [1.807, 2.05) is 49.0 Å². The summed E-state index contributed by atoms with van der Waals surface area (Å²) in [4.78, 5) is 38.4. The Hall–Kier alpha value is -4.49. The maximum absolute atomic E-state index is 13.9. The van der Waals surface area contributed by atoms with Gasteiger partial charge in [0.05, 0.1) is 46.6 Å². The number of sulfonamides is 1. The molecular weight excluding hydrogens is 640 g/mol. The predicted molar refractivity (Wildman–Crippen MR) is 183 cm³/mol. The van der Waals surface area contributed by atoms with Gasteiger partial charge in [-0.05, 0) is 69.4 Å². The number of nitrogens with one attached hydrogen (secondary N) is 2. The number of piperidine rings is 1. The van der Waals surface area contributed by atoms with Crippen LogP contribution in [0.3, 0.4) is 0 Å². The van der Waals surface area contributed by atoms with Crippen LogP contribution in [-0.2, 0) is 17.1 Å². The van der Waals surface area contributed by atoms with E-state index in [1.165, 1.54) is 6.07 Å². The number of amides is 1. The summed E-state index contributed by atoms with van der Waals surface area (Å²) in [7, 11) is -2.05. The van der Waals surface area contributed by atoms with Crippen molar-refractivity contribution in [1.29, 1.82) is 0 Å². The van der Waals surface area contributed by atoms with Crippen LogP contribution in [0.5, 0.6) is 0 Å². The van der Waals surface area contributed by atoms with Crippen molar-refractivity contribution in [1.82, 2.24) is 29.0 Å². The van der Waals surface area contributed by atoms with Gasteiger partial charge in [-0.15, -0.1) is 0 Å². The lowest BCUT2D eigenvalue weighted by molar-refractivity contribution is 0.0977. The van der Waals surface area contributed by atoms with Crippen LogP contribution in [-0.4, -0.2) is 57.0 Å². The lowest BCUT2D eigenvalue weighted by Gasteiger charge is -2.40. The zero-order chi connectivity index (χ0) is 33.2. The fraction of sp³-hybridized carbons (Fsp3) is 0.364. The van der Waals surface area contributed by atoms with Gasteiger partial charge in [0, 0.05) is 30.1 Å². The second-order valence-electron chi connectivity index (χ2n) is 12.7. The molecule has 1 amide bonds. The first-order valence-corrected chi connectivity index (χ1v) is 17.8. The Bertz CT molecular complexity index is 2220. The molecule has 244 valence electrons. The van der Waals surface area contributed by atoms with Gasteiger partial charge in [0.15, 0.2) is 5.69 Å². The zero-order valence-electron chi connectivity index (χ0n) is 26.4. The summed E-state index contributed by atoms with van der Waals surface area (Å²) in [5.41, 5.74) is 3.32. The van der Waals surface area contributed by atoms with Crippen LogP contribution < -0.4 is 20.5 Å². The number of rotatable bonds is 7. The summed E-state index contributed by atoms with van der Waals surface area (Å²) in [6.07, 6.45) is 6.64. The molecule has 0 aliphatic carbocycles. The minimum absolute atomic E-state index is 0.0387. The summed E-state index contributed by atoms with van der Waals surface area (Å²) in [6, 6.07) is 15.4. The van der Waals surface area contributed by atoms with Crippen LogP contribution in [0.15, 0.2) is 59.5 Å². The number of fused-ring (bicyclic) bond motifs is 4. The Balaban J connectivity index is 1.25. The molecular formula is C33H35ClN8O4S. The molecule has 5 heterocycles. The number of para-hydroxylation sites is 1. The number of halogens is 1. The first-order chi connectivity index (χ1) is 22.4. The Morgan fingerprint density at radius 3 is 2.49 bits per heavy atom. The highest BCUT2D eigenvalue weighted by Gasteiger charge is 2.43. The third-order valence-corrected chi connectivity index (χ3v) is 10.1. The SMILES string of the molecule is Cc1cc([C@@H](C)Nc2ccc(Cl)nc2C(=O)NS(C)(=O)=O)c2nc(N3[C@@H]4CC[C@H]3CC(n3ncc5ccccc53)C4)n(C)c(=O)c2c1. The van der Waals surface area contributed by atoms with Gasteiger partial charge < -0.3 is 10.2 Å². The lowest BCUT2D eigenvalue weighted by atomic mass is 9.97. The van der Waals surface area contributed by atoms with Crippen molar-refractivity contribution in [2.75, 3.05) is 16.5 Å². The number of aryl methyl sites for hydroxylation is 1. The average Bonchev–Trinajstić information content (AvgIpc) is 3.56. The maximum atomic E-state index is 13.9. The quantitative estimate of drug-likeness (QED) is 0.231. The summed E-state index contributed by atoms with van der Waals surface area (Å²) in [5, 5.41) is 9.70. The largest absolute Gasteiger partial charge is 0.377 e. The minimum atomic E-state index is -3.84. The van der Waals surface area contributed by atoms with E-state index >= 15 is 0 Å². The normalized spacial score (nSPS) is 20.1. The maximum Gasteiger partial charge on any atom is 0.285 e. The second kappa shape index (κ2) is 11.6. The van der Waals surface area contributed by atoms with Crippen molar-refractivity contribution in [2.45, 2.75) is 63.7 Å². The number of nitrogens with zero attached hydrogens (tertiary/aromatic N) is 6. The Morgan fingerprint density at radius 2 is 1.77 bits per heavy atom. The molecule has 2 aliphatic rings. The van der Waals surface area contributed by atoms with Gasteiger partial charge in [-0.25, -0.2) is 23.1 Å². The minimum Gasteiger partial charge on any atom is -0.377 e. The van der Waals surface area contributed by atoms with Crippen molar-refractivity contribution < 1.29 is 13.2 Å². The van der Waals surface area contributed by atoms with Gasteiger partial charge in [-0.3, -0.25) is 18.8 Å². The van der Waals surface area contributed by atoms with Crippen LogP contribution in [0.25, 0.3) is 21.8 Å². The summed E-state index contributed by atoms with van der Waals surface area (Å²) in [6.45, 7) is 3.81. The second-order valence-corrected chi connectivity index (χ2v) is 14.8. The van der Waals surface area contributed by atoms with E-state index in [2.05, 4.69) is 32.0 Å². The molecule has 7 rings (SSSR count). The molecule has 14 heteroatoms. The average molecular weight is 675 g/mol. The van der Waals surface area contributed by atoms with E-state index in [0.29, 0.717) is 16.9 Å². The van der Waals surface area contributed by atoms with E-state index in [0.717, 1.165) is 54.0 Å². The fourth-order valence-electron chi connectivity index (χ4n) is 7.31. The van der Waals surface area contributed by atoms with Crippen LogP contribution in [0, 0.1) is 6.92 Å². The molecule has 2 bridgehead atoms. The molecule has 2 N–H and O–H groups in total. The summed E-state index contributed by atoms with van der Waals surface area (Å²) in [5.74, 6) is -0.271. The number of carbonyl (C=O) groups excluding carboxylic acids is 1. The van der Waals surface area contributed by atoms with Gasteiger partial charge in [0.2, 0.25) is 16.0 Å². The molecule has 2 saturated heterocycles. The fourth-order valence-corrected chi connectivity index (χ4v) is 7.89. The topological polar surface area (TPSA) is 144 Å². The number of benzene rings is 2. The molecule has 12 nitrogen and oxygen atoms in total. The van der Waals surface area contributed by atoms with Crippen molar-refractivity contribution in [3.8, 4) is 0 Å². The molecule has 0 saturated carbocycles. The van der Waals surface area contributed by atoms with E-state index in [-0.39, 0.29) is 40.2 Å². The lowest BCUT2D eigenvalue weighted by Crippen LogP contribution is -2.46. The van der Waals surface area contributed by atoms with Crippen molar-refractivity contribution in [3.05, 3.63) is 87.1 Å². The van der Waals surface area contributed by atoms with E-state index in [4.69, 9.17) is 21.7 Å². The highest BCUT2D eigenvalue weighted by Crippen LogP contribution is 2.43. The summed E-state index contributed by atoms with van der Waals surface area (Å²) < 4.78 is 29.3. The zero-order valence-corrected chi connectivity index (χ0v) is 28.0. The van der Waals surface area contributed by atoms with Crippen LogP contribution in [0.4, 0.5) is 11.6 Å². The number of hydrogen-bond donors (Lipinski definition) is 2. The number of pyridine rings is 1. The monoisotopic (exact) mass is 674 g/mol. The van der Waals surface area contributed by atoms with Gasteiger partial charge >= 0.3 is 0 Å². The molecule has 2 fully saturated rings. The molecule has 1 unspecified atom stereocenters. The van der Waals surface area contributed by atoms with Gasteiger partial charge in [0.1, 0.15) is 5.15 Å². The molecule has 0 spiro atoms. The Labute approximate surface area is 276 Å². The number of anilines is 2. The summed E-state index contributed by atoms with van der Waals surface area (Å²) >= 11 is 6.08. The van der Waals surface area contributed by atoms with Crippen LogP contribution >= 0.6 is 11.6 Å². The molecule has 2 aromatic carbocycles. The smallest absolute Gasteiger partial charge is 0.285 e. The Morgan fingerprint density at radius 1 is 1.04 bits per heavy atom. The van der Waals surface area contributed by atoms with Crippen LogP contribution in [0.2, 0.25) is 5.15 Å². The highest BCUT2D eigenvalue weighted by molar-refractivity contribution is 7.89. The number of hydrogen-bond acceptors (Lipinski definition) is 9. The molecule has 4 atom stereocenters. The van der Waals surface area contributed by atoms with Crippen molar-refractivity contribution >= 4 is 61.0 Å². The predicted octanol–water partition coefficient (Wildman–Crippen LogP) is 4.88. The first-order valence-electron chi connectivity index (χ1n) is 15.5. The van der Waals surface area contributed by atoms with E-state index in [1.54, 1.807) is 17.7 Å². The van der Waals surface area contributed by atoms with Crippen molar-refractivity contribution in [2.24, 2.45) is 7.05 Å². The standard InChI is InChI=1S/C33H35ClN8O4S/c1-18-13-24(19(2)36-26-11-12-28(34)37-30(26)31(43)39-47(4,45)46)29-25(14-18)32(44)40(3)33(38-29)41-21-9-10-22(41)16-23(15-21)42-27-8-6-5-7-20(27)17-35-42/h5-8,11-14,17,19,21-23,36H,9-10,15-16H2,1-4H3,(H,39,43)/t19-,21-,22+,23?/m1/s1. The third kappa shape index (κ3) is 5.71. The van der Waals surface area contributed by atoms with Crippen molar-refractivity contribution in [3.63, 3.8) is 0 Å². The molecule has 3 aromatic heterocycles. The van der Waals surface area contributed by atoms with Gasteiger partial charge in [0.25, 0.3) is 11.5 Å². The van der Waals surface area contributed by atoms with Gasteiger partial charge in [-0.1, -0.05) is 35.9 Å².